The van der Waals surface area contributed by atoms with Crippen molar-refractivity contribution in [3.63, 3.8) is 0 Å². The van der Waals surface area contributed by atoms with Crippen LogP contribution in [0.4, 0.5) is 4.39 Å². The molecule has 0 aliphatic heterocycles. The number of esters is 1. The fraction of sp³-hybridized carbons (Fsp3) is 0.333. The van der Waals surface area contributed by atoms with Crippen molar-refractivity contribution in [3.8, 4) is 0 Å². The molecule has 1 aliphatic carbocycles. The Morgan fingerprint density at radius 1 is 1.40 bits per heavy atom. The van der Waals surface area contributed by atoms with Gasteiger partial charge < -0.3 is 9.72 Å². The molecular formula is C15H18FNO3. The lowest BCUT2D eigenvalue weighted by Crippen LogP contribution is -2.21. The smallest absolute Gasteiger partial charge is 0.355 e. The Bertz CT molecular complexity index is 600. The summed E-state index contributed by atoms with van der Waals surface area (Å²) in [6.45, 7) is 3.66. The number of hydrogen-bond acceptors (Lipinski definition) is 3. The van der Waals surface area contributed by atoms with Gasteiger partial charge in [-0.05, 0) is 26.3 Å². The zero-order chi connectivity index (χ0) is 15.1. The Kier molecular flexibility index (Phi) is 5.90. The van der Waals surface area contributed by atoms with E-state index in [0.29, 0.717) is 30.4 Å². The highest BCUT2D eigenvalue weighted by Gasteiger charge is 2.18. The highest BCUT2D eigenvalue weighted by atomic mass is 19.1. The molecule has 0 atom stereocenters. The van der Waals surface area contributed by atoms with Gasteiger partial charge in [-0.1, -0.05) is 18.2 Å². The van der Waals surface area contributed by atoms with E-state index in [1.54, 1.807) is 19.9 Å². The maximum atomic E-state index is 12.2. The number of carbonyl (C=O) groups excluding carboxylic acids is 1. The van der Waals surface area contributed by atoms with Crippen LogP contribution in [0, 0.1) is 6.92 Å². The summed E-state index contributed by atoms with van der Waals surface area (Å²) in [6.07, 6.45) is 8.00. The summed E-state index contributed by atoms with van der Waals surface area (Å²) in [7, 11) is 0.500. The first-order valence-electron chi connectivity index (χ1n) is 6.29. The Labute approximate surface area is 117 Å². The SMILES string of the molecule is CCOC(=O)c1[nH]c2c(c(=O)c1C)CC=CC=C2.CF. The number of aromatic nitrogens is 1. The number of ether oxygens (including phenoxy) is 1. The Hall–Kier alpha value is -2.17. The summed E-state index contributed by atoms with van der Waals surface area (Å²) in [5, 5.41) is 0. The molecule has 0 fully saturated rings. The average Bonchev–Trinajstić information content (AvgIpc) is 2.70. The van der Waals surface area contributed by atoms with Crippen LogP contribution in [0.5, 0.6) is 0 Å². The largest absolute Gasteiger partial charge is 0.461 e. The monoisotopic (exact) mass is 279 g/mol. The number of allylic oxidation sites excluding steroid dienone is 3. The normalized spacial score (nSPS) is 12.0. The van der Waals surface area contributed by atoms with E-state index in [4.69, 9.17) is 4.74 Å². The Morgan fingerprint density at radius 3 is 2.75 bits per heavy atom. The summed E-state index contributed by atoms with van der Waals surface area (Å²) in [5.41, 5.74) is 1.93. The number of alkyl halides is 1. The summed E-state index contributed by atoms with van der Waals surface area (Å²) in [5.74, 6) is -0.486. The van der Waals surface area contributed by atoms with Crippen LogP contribution < -0.4 is 5.43 Å². The van der Waals surface area contributed by atoms with Crippen molar-refractivity contribution >= 4 is 12.0 Å². The van der Waals surface area contributed by atoms with Crippen molar-refractivity contribution in [2.24, 2.45) is 0 Å². The molecule has 0 spiro atoms. The van der Waals surface area contributed by atoms with Crippen molar-refractivity contribution < 1.29 is 13.9 Å². The number of hydrogen-bond donors (Lipinski definition) is 1. The fourth-order valence-corrected chi connectivity index (χ4v) is 1.93. The lowest BCUT2D eigenvalue weighted by Gasteiger charge is -2.10. The molecule has 20 heavy (non-hydrogen) atoms. The number of rotatable bonds is 2. The first-order chi connectivity index (χ1) is 9.65. The minimum absolute atomic E-state index is 0.0944. The van der Waals surface area contributed by atoms with Crippen LogP contribution in [0.1, 0.15) is 34.2 Å². The molecule has 0 unspecified atom stereocenters. The number of nitrogens with one attached hydrogen (secondary N) is 1. The zero-order valence-corrected chi connectivity index (χ0v) is 11.8. The minimum atomic E-state index is -0.486. The van der Waals surface area contributed by atoms with Crippen molar-refractivity contribution in [1.82, 2.24) is 4.98 Å². The first-order valence-corrected chi connectivity index (χ1v) is 6.29. The second-order valence-electron chi connectivity index (χ2n) is 4.06. The van der Waals surface area contributed by atoms with Gasteiger partial charge in [0.1, 0.15) is 5.69 Å². The van der Waals surface area contributed by atoms with Crippen LogP contribution in [0.15, 0.2) is 23.0 Å². The van der Waals surface area contributed by atoms with Gasteiger partial charge in [0.15, 0.2) is 5.43 Å². The molecule has 0 amide bonds. The maximum absolute atomic E-state index is 12.2. The number of carbonyl (C=O) groups is 1. The van der Waals surface area contributed by atoms with Crippen LogP contribution >= 0.6 is 0 Å². The second kappa shape index (κ2) is 7.43. The highest BCUT2D eigenvalue weighted by Crippen LogP contribution is 2.13. The van der Waals surface area contributed by atoms with E-state index in [2.05, 4.69) is 4.98 Å². The molecule has 0 aromatic carbocycles. The predicted octanol–water partition coefficient (Wildman–Crippen LogP) is 2.57. The van der Waals surface area contributed by atoms with Gasteiger partial charge >= 0.3 is 5.97 Å². The molecule has 1 heterocycles. The van der Waals surface area contributed by atoms with Crippen molar-refractivity contribution in [2.75, 3.05) is 13.8 Å². The quantitative estimate of drug-likeness (QED) is 0.846. The minimum Gasteiger partial charge on any atom is -0.461 e. The third kappa shape index (κ3) is 3.23. The molecule has 2 rings (SSSR count). The molecule has 0 saturated heterocycles. The molecule has 5 heteroatoms. The molecule has 0 bridgehead atoms. The van der Waals surface area contributed by atoms with Crippen LogP contribution in [0.25, 0.3) is 6.08 Å². The van der Waals surface area contributed by atoms with Gasteiger partial charge in [-0.3, -0.25) is 9.18 Å². The van der Waals surface area contributed by atoms with Gasteiger partial charge in [-0.25, -0.2) is 4.79 Å². The van der Waals surface area contributed by atoms with E-state index in [9.17, 15) is 14.0 Å². The van der Waals surface area contributed by atoms with Gasteiger partial charge in [0.2, 0.25) is 0 Å². The number of fused-ring (bicyclic) bond motifs is 1. The van der Waals surface area contributed by atoms with E-state index in [1.165, 1.54) is 0 Å². The summed E-state index contributed by atoms with van der Waals surface area (Å²) in [4.78, 5) is 27.0. The van der Waals surface area contributed by atoms with Gasteiger partial charge in [0.25, 0.3) is 0 Å². The third-order valence-corrected chi connectivity index (χ3v) is 2.89. The van der Waals surface area contributed by atoms with E-state index < -0.39 is 5.97 Å². The molecule has 1 aromatic rings. The number of pyridine rings is 1. The Balaban J connectivity index is 0.000000956. The zero-order valence-electron chi connectivity index (χ0n) is 11.8. The standard InChI is InChI=1S/C14H15NO3.CH3F/c1-3-18-14(17)12-9(2)13(16)10-7-5-4-6-8-11(10)15-12;1-2/h4-6,8H,3,7H2,1-2H3,(H,15,16);1H3. The molecule has 108 valence electrons. The molecule has 0 saturated carbocycles. The number of aromatic amines is 1. The van der Waals surface area contributed by atoms with Gasteiger partial charge in [-0.2, -0.15) is 0 Å². The topological polar surface area (TPSA) is 59.2 Å². The lowest BCUT2D eigenvalue weighted by molar-refractivity contribution is 0.0518. The van der Waals surface area contributed by atoms with Crippen molar-refractivity contribution in [3.05, 3.63) is 51.0 Å². The number of H-pyrrole nitrogens is 1. The van der Waals surface area contributed by atoms with E-state index in [1.807, 2.05) is 18.2 Å². The van der Waals surface area contributed by atoms with Crippen LogP contribution in [-0.2, 0) is 11.2 Å². The lowest BCUT2D eigenvalue weighted by atomic mass is 10.0. The van der Waals surface area contributed by atoms with E-state index in [0.717, 1.165) is 0 Å². The molecule has 0 radical (unpaired) electrons. The predicted molar refractivity (Wildman–Crippen MR) is 76.7 cm³/mol. The van der Waals surface area contributed by atoms with Crippen LogP contribution in [0.2, 0.25) is 0 Å². The second-order valence-corrected chi connectivity index (χ2v) is 4.06. The fourth-order valence-electron chi connectivity index (χ4n) is 1.93. The molecular weight excluding hydrogens is 261 g/mol. The summed E-state index contributed by atoms with van der Waals surface area (Å²) < 4.78 is 14.4. The Morgan fingerprint density at radius 2 is 2.10 bits per heavy atom. The summed E-state index contributed by atoms with van der Waals surface area (Å²) >= 11 is 0. The molecule has 1 aliphatic rings. The van der Waals surface area contributed by atoms with Crippen LogP contribution in [-0.4, -0.2) is 24.7 Å². The maximum Gasteiger partial charge on any atom is 0.355 e. The van der Waals surface area contributed by atoms with Gasteiger partial charge in [0, 0.05) is 16.8 Å². The molecule has 4 nitrogen and oxygen atoms in total. The van der Waals surface area contributed by atoms with Crippen molar-refractivity contribution in [2.45, 2.75) is 20.3 Å². The number of halogens is 1. The van der Waals surface area contributed by atoms with Crippen LogP contribution in [0.3, 0.4) is 0 Å². The molecule has 1 N–H and O–H groups in total. The van der Waals surface area contributed by atoms with E-state index >= 15 is 0 Å². The van der Waals surface area contributed by atoms with Crippen molar-refractivity contribution in [1.29, 1.82) is 0 Å². The van der Waals surface area contributed by atoms with Gasteiger partial charge in [-0.15, -0.1) is 0 Å². The van der Waals surface area contributed by atoms with E-state index in [-0.39, 0.29) is 17.7 Å². The average molecular weight is 279 g/mol. The summed E-state index contributed by atoms with van der Waals surface area (Å²) in [6, 6.07) is 0. The first kappa shape index (κ1) is 15.9. The highest BCUT2D eigenvalue weighted by molar-refractivity contribution is 5.89. The van der Waals surface area contributed by atoms with Gasteiger partial charge in [0.05, 0.1) is 13.8 Å². The third-order valence-electron chi connectivity index (χ3n) is 2.89. The molecule has 1 aromatic heterocycles.